The fourth-order valence-electron chi connectivity index (χ4n) is 1.80. The minimum atomic E-state index is -0.392. The normalized spacial score (nSPS) is 12.2. The Hall–Kier alpha value is -2.08. The van der Waals surface area contributed by atoms with E-state index in [-0.39, 0.29) is 0 Å². The van der Waals surface area contributed by atoms with E-state index in [0.717, 1.165) is 17.8 Å². The third-order valence-electron chi connectivity index (χ3n) is 2.93. The molecule has 19 heavy (non-hydrogen) atoms. The van der Waals surface area contributed by atoms with Crippen LogP contribution in [-0.2, 0) is 6.42 Å². The van der Waals surface area contributed by atoms with Crippen molar-refractivity contribution in [3.05, 3.63) is 35.4 Å². The number of nitrogens with zero attached hydrogens (tertiary/aromatic N) is 2. The van der Waals surface area contributed by atoms with E-state index in [2.05, 4.69) is 15.2 Å². The smallest absolute Gasteiger partial charge is 0.171 e. The highest BCUT2D eigenvalue weighted by Gasteiger charge is 2.16. The number of hydrogen-bond donors (Lipinski definition) is 2. The third-order valence-corrected chi connectivity index (χ3v) is 2.93. The van der Waals surface area contributed by atoms with Gasteiger partial charge in [0.25, 0.3) is 0 Å². The maximum absolute atomic E-state index is 6.16. The molecule has 0 saturated carbocycles. The Bertz CT molecular complexity index is 553. The lowest BCUT2D eigenvalue weighted by Crippen LogP contribution is -2.14. The first-order chi connectivity index (χ1) is 9.19. The van der Waals surface area contributed by atoms with Gasteiger partial charge in [0.15, 0.2) is 17.3 Å². The van der Waals surface area contributed by atoms with Crippen molar-refractivity contribution in [1.29, 1.82) is 0 Å². The zero-order valence-electron chi connectivity index (χ0n) is 11.3. The molecule has 1 aromatic heterocycles. The zero-order chi connectivity index (χ0) is 13.8. The predicted molar refractivity (Wildman–Crippen MR) is 71.3 cm³/mol. The van der Waals surface area contributed by atoms with Crippen molar-refractivity contribution in [1.82, 2.24) is 15.2 Å². The number of ether oxygens (including phenoxy) is 2. The molecule has 1 aromatic carbocycles. The van der Waals surface area contributed by atoms with Crippen molar-refractivity contribution >= 4 is 0 Å². The highest BCUT2D eigenvalue weighted by atomic mass is 16.5. The van der Waals surface area contributed by atoms with Crippen molar-refractivity contribution in [2.75, 3.05) is 14.2 Å². The first-order valence-corrected chi connectivity index (χ1v) is 6.08. The lowest BCUT2D eigenvalue weighted by molar-refractivity contribution is 0.354. The van der Waals surface area contributed by atoms with Crippen LogP contribution >= 0.6 is 0 Å². The highest BCUT2D eigenvalue weighted by molar-refractivity contribution is 5.44. The topological polar surface area (TPSA) is 86.1 Å². The number of nitrogens with one attached hydrogen (secondary N) is 1. The number of aromatic nitrogens is 3. The second-order valence-corrected chi connectivity index (χ2v) is 4.09. The van der Waals surface area contributed by atoms with Gasteiger partial charge in [0.05, 0.1) is 20.3 Å². The molecule has 6 nitrogen and oxygen atoms in total. The van der Waals surface area contributed by atoms with E-state index in [9.17, 15) is 0 Å². The molecule has 1 unspecified atom stereocenters. The van der Waals surface area contributed by atoms with E-state index in [1.54, 1.807) is 14.2 Å². The van der Waals surface area contributed by atoms with E-state index >= 15 is 0 Å². The van der Waals surface area contributed by atoms with Crippen LogP contribution in [0.25, 0.3) is 0 Å². The SMILES string of the molecule is CCc1nc(C(N)c2ccc(OC)c(OC)c2)n[nH]1. The summed E-state index contributed by atoms with van der Waals surface area (Å²) in [6.45, 7) is 2.01. The molecule has 2 aromatic rings. The molecule has 1 atom stereocenters. The minimum absolute atomic E-state index is 0.392. The maximum atomic E-state index is 6.16. The Balaban J connectivity index is 2.30. The number of benzene rings is 1. The molecule has 0 aliphatic rings. The summed E-state index contributed by atoms with van der Waals surface area (Å²) in [6.07, 6.45) is 0.797. The quantitative estimate of drug-likeness (QED) is 0.851. The van der Waals surface area contributed by atoms with Crippen LogP contribution in [0.2, 0.25) is 0 Å². The monoisotopic (exact) mass is 262 g/mol. The average molecular weight is 262 g/mol. The fourth-order valence-corrected chi connectivity index (χ4v) is 1.80. The molecule has 102 valence electrons. The van der Waals surface area contributed by atoms with E-state index in [1.165, 1.54) is 0 Å². The number of nitrogens with two attached hydrogens (primary N) is 1. The number of methoxy groups -OCH3 is 2. The second-order valence-electron chi connectivity index (χ2n) is 4.09. The van der Waals surface area contributed by atoms with Crippen molar-refractivity contribution in [3.63, 3.8) is 0 Å². The summed E-state index contributed by atoms with van der Waals surface area (Å²) in [5, 5.41) is 6.99. The van der Waals surface area contributed by atoms with Crippen LogP contribution < -0.4 is 15.2 Å². The Kier molecular flexibility index (Phi) is 4.01. The summed E-state index contributed by atoms with van der Waals surface area (Å²) in [7, 11) is 3.19. The molecule has 0 aliphatic carbocycles. The molecule has 1 heterocycles. The van der Waals surface area contributed by atoms with Crippen LogP contribution in [0.15, 0.2) is 18.2 Å². The van der Waals surface area contributed by atoms with Gasteiger partial charge in [-0.3, -0.25) is 5.10 Å². The molecular formula is C13H18N4O2. The molecule has 0 radical (unpaired) electrons. The van der Waals surface area contributed by atoms with Gasteiger partial charge in [-0.2, -0.15) is 5.10 Å². The first-order valence-electron chi connectivity index (χ1n) is 6.08. The lowest BCUT2D eigenvalue weighted by Gasteiger charge is -2.12. The number of aryl methyl sites for hydroxylation is 1. The first kappa shape index (κ1) is 13.4. The van der Waals surface area contributed by atoms with Crippen LogP contribution in [0.1, 0.15) is 30.2 Å². The van der Waals surface area contributed by atoms with Crippen molar-refractivity contribution in [2.45, 2.75) is 19.4 Å². The van der Waals surface area contributed by atoms with Gasteiger partial charge in [0.1, 0.15) is 5.82 Å². The fraction of sp³-hybridized carbons (Fsp3) is 0.385. The minimum Gasteiger partial charge on any atom is -0.493 e. The van der Waals surface area contributed by atoms with Crippen LogP contribution in [0.4, 0.5) is 0 Å². The number of rotatable bonds is 5. The molecule has 0 spiro atoms. The van der Waals surface area contributed by atoms with Gasteiger partial charge >= 0.3 is 0 Å². The van der Waals surface area contributed by atoms with Crippen molar-refractivity contribution in [2.24, 2.45) is 5.73 Å². The molecule has 0 fully saturated rings. The Labute approximate surface area is 111 Å². The van der Waals surface area contributed by atoms with Crippen LogP contribution in [0.3, 0.4) is 0 Å². The third kappa shape index (κ3) is 2.68. The molecule has 3 N–H and O–H groups in total. The summed E-state index contributed by atoms with van der Waals surface area (Å²) in [5.41, 5.74) is 7.03. The molecule has 6 heteroatoms. The van der Waals surface area contributed by atoms with Gasteiger partial charge in [-0.05, 0) is 17.7 Å². The predicted octanol–water partition coefficient (Wildman–Crippen LogP) is 1.43. The van der Waals surface area contributed by atoms with Crippen LogP contribution in [-0.4, -0.2) is 29.4 Å². The summed E-state index contributed by atoms with van der Waals surface area (Å²) in [5.74, 6) is 2.71. The number of hydrogen-bond acceptors (Lipinski definition) is 5. The molecule has 0 saturated heterocycles. The second kappa shape index (κ2) is 5.71. The highest BCUT2D eigenvalue weighted by Crippen LogP contribution is 2.30. The number of aromatic amines is 1. The maximum Gasteiger partial charge on any atom is 0.171 e. The zero-order valence-corrected chi connectivity index (χ0v) is 11.3. The Morgan fingerprint density at radius 2 is 2.00 bits per heavy atom. The van der Waals surface area contributed by atoms with Gasteiger partial charge in [-0.1, -0.05) is 13.0 Å². The molecular weight excluding hydrogens is 244 g/mol. The summed E-state index contributed by atoms with van der Waals surface area (Å²) >= 11 is 0. The molecule has 0 amide bonds. The van der Waals surface area contributed by atoms with E-state index < -0.39 is 6.04 Å². The molecule has 0 bridgehead atoms. The van der Waals surface area contributed by atoms with Gasteiger partial charge in [0, 0.05) is 6.42 Å². The van der Waals surface area contributed by atoms with Crippen LogP contribution in [0.5, 0.6) is 11.5 Å². The van der Waals surface area contributed by atoms with E-state index in [1.807, 2.05) is 25.1 Å². The summed E-state index contributed by atoms with van der Waals surface area (Å²) in [4.78, 5) is 4.34. The largest absolute Gasteiger partial charge is 0.493 e. The van der Waals surface area contributed by atoms with Crippen LogP contribution in [0, 0.1) is 0 Å². The lowest BCUT2D eigenvalue weighted by atomic mass is 10.1. The molecule has 2 rings (SSSR count). The standard InChI is InChI=1S/C13H18N4O2/c1-4-11-15-13(17-16-11)12(14)8-5-6-9(18-2)10(7-8)19-3/h5-7,12H,4,14H2,1-3H3,(H,15,16,17). The van der Waals surface area contributed by atoms with E-state index in [4.69, 9.17) is 15.2 Å². The Morgan fingerprint density at radius 1 is 1.26 bits per heavy atom. The number of H-pyrrole nitrogens is 1. The summed E-state index contributed by atoms with van der Waals surface area (Å²) in [6, 6.07) is 5.15. The van der Waals surface area contributed by atoms with Gasteiger partial charge < -0.3 is 15.2 Å². The van der Waals surface area contributed by atoms with Gasteiger partial charge in [-0.25, -0.2) is 4.98 Å². The van der Waals surface area contributed by atoms with Crippen molar-refractivity contribution in [3.8, 4) is 11.5 Å². The van der Waals surface area contributed by atoms with E-state index in [0.29, 0.717) is 17.3 Å². The summed E-state index contributed by atoms with van der Waals surface area (Å²) < 4.78 is 10.5. The van der Waals surface area contributed by atoms with Gasteiger partial charge in [0.2, 0.25) is 0 Å². The average Bonchev–Trinajstić information content (AvgIpc) is 2.94. The van der Waals surface area contributed by atoms with Gasteiger partial charge in [-0.15, -0.1) is 0 Å². The van der Waals surface area contributed by atoms with Crippen molar-refractivity contribution < 1.29 is 9.47 Å². The Morgan fingerprint density at radius 3 is 2.58 bits per heavy atom. The molecule has 0 aliphatic heterocycles.